The van der Waals surface area contributed by atoms with Gasteiger partial charge in [-0.05, 0) is 25.7 Å². The zero-order chi connectivity index (χ0) is 21.4. The number of ketones is 1. The van der Waals surface area contributed by atoms with Crippen molar-refractivity contribution in [3.8, 4) is 0 Å². The summed E-state index contributed by atoms with van der Waals surface area (Å²) in [6.45, 7) is 2.15. The number of hydrogen-bond acceptors (Lipinski definition) is 3. The molecule has 0 amide bonds. The second kappa shape index (κ2) is 15.0. The Kier molecular flexibility index (Phi) is 13.0. The minimum atomic E-state index is -1.33. The van der Waals surface area contributed by atoms with Gasteiger partial charge in [0.1, 0.15) is 5.60 Å². The van der Waals surface area contributed by atoms with Gasteiger partial charge in [-0.25, -0.2) is 0 Å². The van der Waals surface area contributed by atoms with Crippen LogP contribution >= 0.6 is 0 Å². The predicted molar refractivity (Wildman–Crippen MR) is 118 cm³/mol. The summed E-state index contributed by atoms with van der Waals surface area (Å²) >= 11 is 0. The van der Waals surface area contributed by atoms with E-state index >= 15 is 0 Å². The Hall–Kier alpha value is -1.94. The average molecular weight is 403 g/mol. The molecule has 0 aromatic heterocycles. The molecule has 1 unspecified atom stereocenters. The molecule has 0 spiro atoms. The van der Waals surface area contributed by atoms with Crippen LogP contribution in [0.15, 0.2) is 42.5 Å². The van der Waals surface area contributed by atoms with Gasteiger partial charge in [-0.1, -0.05) is 94.4 Å². The van der Waals surface area contributed by atoms with Crippen LogP contribution in [-0.4, -0.2) is 27.6 Å². The van der Waals surface area contributed by atoms with E-state index in [9.17, 15) is 14.7 Å². The van der Waals surface area contributed by atoms with Gasteiger partial charge >= 0.3 is 5.97 Å². The summed E-state index contributed by atoms with van der Waals surface area (Å²) in [4.78, 5) is 23.4. The molecule has 1 aromatic carbocycles. The van der Waals surface area contributed by atoms with Crippen LogP contribution in [0.1, 0.15) is 101 Å². The third kappa shape index (κ3) is 11.0. The molecule has 0 aliphatic carbocycles. The van der Waals surface area contributed by atoms with Crippen LogP contribution in [0.3, 0.4) is 0 Å². The molecule has 1 rings (SSSR count). The third-order valence-corrected chi connectivity index (χ3v) is 5.29. The van der Waals surface area contributed by atoms with Crippen molar-refractivity contribution in [2.24, 2.45) is 0 Å². The summed E-state index contributed by atoms with van der Waals surface area (Å²) in [5.74, 6) is -0.905. The van der Waals surface area contributed by atoms with Crippen LogP contribution in [-0.2, 0) is 4.79 Å². The summed E-state index contributed by atoms with van der Waals surface area (Å²) in [5, 5.41) is 19.7. The quantitative estimate of drug-likeness (QED) is 0.181. The number of benzene rings is 1. The Labute approximate surface area is 176 Å². The summed E-state index contributed by atoms with van der Waals surface area (Å²) in [6, 6.07) is 9.08. The SMILES string of the molecule is CCCCCCC(O)(C/C=C\CCCCCCCC(=O)O)C(=O)c1ccccc1. The lowest BCUT2D eigenvalue weighted by molar-refractivity contribution is -0.137. The van der Waals surface area contributed by atoms with Gasteiger partial charge in [-0.15, -0.1) is 0 Å². The van der Waals surface area contributed by atoms with Gasteiger partial charge in [0.15, 0.2) is 5.78 Å². The molecule has 0 aliphatic heterocycles. The topological polar surface area (TPSA) is 74.6 Å². The Morgan fingerprint density at radius 2 is 1.55 bits per heavy atom. The number of aliphatic hydroxyl groups is 1. The van der Waals surface area contributed by atoms with Crippen molar-refractivity contribution in [1.29, 1.82) is 0 Å². The standard InChI is InChI=1S/C25H38O4/c1-2-3-4-15-20-25(29,24(28)22-17-12-11-13-18-22)21-16-10-8-6-5-7-9-14-19-23(26)27/h10-13,16-18,29H,2-9,14-15,19-21H2,1H3,(H,26,27)/b16-10-. The van der Waals surface area contributed by atoms with Gasteiger partial charge in [0.05, 0.1) is 0 Å². The molecule has 0 heterocycles. The van der Waals surface area contributed by atoms with Crippen LogP contribution in [0.5, 0.6) is 0 Å². The van der Waals surface area contributed by atoms with Crippen LogP contribution < -0.4 is 0 Å². The number of Topliss-reactive ketones (excluding diaryl/α,β-unsaturated/α-hetero) is 1. The summed E-state index contributed by atoms with van der Waals surface area (Å²) in [6.07, 6.45) is 15.1. The van der Waals surface area contributed by atoms with Gasteiger partial charge in [-0.2, -0.15) is 0 Å². The molecular weight excluding hydrogens is 364 g/mol. The van der Waals surface area contributed by atoms with Gasteiger partial charge in [0.25, 0.3) is 0 Å². The molecule has 29 heavy (non-hydrogen) atoms. The highest BCUT2D eigenvalue weighted by molar-refractivity contribution is 6.02. The Balaban J connectivity index is 2.45. The van der Waals surface area contributed by atoms with Crippen LogP contribution in [0, 0.1) is 0 Å². The van der Waals surface area contributed by atoms with Crippen LogP contribution in [0.25, 0.3) is 0 Å². The number of carboxylic acid groups (broad SMARTS) is 1. The minimum absolute atomic E-state index is 0.183. The number of aliphatic carboxylic acids is 1. The second-order valence-electron chi connectivity index (χ2n) is 7.91. The van der Waals surface area contributed by atoms with Crippen molar-refractivity contribution in [1.82, 2.24) is 0 Å². The molecule has 0 radical (unpaired) electrons. The molecule has 162 valence electrons. The fraction of sp³-hybridized carbons (Fsp3) is 0.600. The van der Waals surface area contributed by atoms with E-state index in [-0.39, 0.29) is 12.2 Å². The first-order valence-corrected chi connectivity index (χ1v) is 11.2. The van der Waals surface area contributed by atoms with Crippen molar-refractivity contribution in [2.75, 3.05) is 0 Å². The zero-order valence-corrected chi connectivity index (χ0v) is 17.9. The molecule has 1 aromatic rings. The maximum atomic E-state index is 12.9. The molecule has 0 aliphatic rings. The van der Waals surface area contributed by atoms with Crippen molar-refractivity contribution >= 4 is 11.8 Å². The van der Waals surface area contributed by atoms with E-state index in [1.54, 1.807) is 12.1 Å². The van der Waals surface area contributed by atoms with Gasteiger partial charge in [0, 0.05) is 18.4 Å². The Morgan fingerprint density at radius 3 is 2.24 bits per heavy atom. The molecule has 4 nitrogen and oxygen atoms in total. The van der Waals surface area contributed by atoms with Gasteiger partial charge < -0.3 is 10.2 Å². The van der Waals surface area contributed by atoms with E-state index in [0.29, 0.717) is 18.4 Å². The molecule has 0 saturated carbocycles. The van der Waals surface area contributed by atoms with E-state index in [0.717, 1.165) is 64.2 Å². The van der Waals surface area contributed by atoms with Crippen molar-refractivity contribution in [3.63, 3.8) is 0 Å². The van der Waals surface area contributed by atoms with E-state index in [1.165, 1.54) is 0 Å². The second-order valence-corrected chi connectivity index (χ2v) is 7.91. The maximum absolute atomic E-state index is 12.9. The predicted octanol–water partition coefficient (Wildman–Crippen LogP) is 6.33. The summed E-state index contributed by atoms with van der Waals surface area (Å²) < 4.78 is 0. The van der Waals surface area contributed by atoms with Gasteiger partial charge in [0.2, 0.25) is 0 Å². The number of carbonyl (C=O) groups is 2. The van der Waals surface area contributed by atoms with E-state index in [4.69, 9.17) is 5.11 Å². The molecular formula is C25H38O4. The smallest absolute Gasteiger partial charge is 0.303 e. The highest BCUT2D eigenvalue weighted by Gasteiger charge is 2.34. The van der Waals surface area contributed by atoms with Crippen molar-refractivity contribution in [2.45, 2.75) is 96.0 Å². The van der Waals surface area contributed by atoms with E-state index < -0.39 is 11.6 Å². The molecule has 0 bridgehead atoms. The first kappa shape index (κ1) is 25.1. The van der Waals surface area contributed by atoms with Crippen LogP contribution in [0.4, 0.5) is 0 Å². The lowest BCUT2D eigenvalue weighted by atomic mass is 9.84. The highest BCUT2D eigenvalue weighted by Crippen LogP contribution is 2.25. The molecule has 1 atom stereocenters. The molecule has 2 N–H and O–H groups in total. The van der Waals surface area contributed by atoms with Gasteiger partial charge in [-0.3, -0.25) is 9.59 Å². The largest absolute Gasteiger partial charge is 0.481 e. The number of allylic oxidation sites excluding steroid dienone is 1. The fourth-order valence-electron chi connectivity index (χ4n) is 3.48. The van der Waals surface area contributed by atoms with Crippen molar-refractivity contribution < 1.29 is 19.8 Å². The lowest BCUT2D eigenvalue weighted by Gasteiger charge is -2.25. The number of rotatable bonds is 17. The molecule has 4 heteroatoms. The number of hydrogen-bond donors (Lipinski definition) is 2. The monoisotopic (exact) mass is 402 g/mol. The lowest BCUT2D eigenvalue weighted by Crippen LogP contribution is -2.38. The number of carboxylic acids is 1. The average Bonchev–Trinajstić information content (AvgIpc) is 2.72. The minimum Gasteiger partial charge on any atom is -0.481 e. The normalized spacial score (nSPS) is 13.4. The van der Waals surface area contributed by atoms with E-state index in [1.807, 2.05) is 24.3 Å². The van der Waals surface area contributed by atoms with Crippen molar-refractivity contribution in [3.05, 3.63) is 48.0 Å². The van der Waals surface area contributed by atoms with E-state index in [2.05, 4.69) is 13.0 Å². The third-order valence-electron chi connectivity index (χ3n) is 5.29. The zero-order valence-electron chi connectivity index (χ0n) is 17.9. The fourth-order valence-corrected chi connectivity index (χ4v) is 3.48. The summed E-state index contributed by atoms with van der Waals surface area (Å²) in [7, 11) is 0. The first-order chi connectivity index (χ1) is 14.0. The number of carbonyl (C=O) groups excluding carboxylic acids is 1. The summed E-state index contributed by atoms with van der Waals surface area (Å²) in [5.41, 5.74) is -0.761. The van der Waals surface area contributed by atoms with Crippen LogP contribution in [0.2, 0.25) is 0 Å². The first-order valence-electron chi connectivity index (χ1n) is 11.2. The number of unbranched alkanes of at least 4 members (excludes halogenated alkanes) is 8. The highest BCUT2D eigenvalue weighted by atomic mass is 16.4. The molecule has 0 saturated heterocycles. The maximum Gasteiger partial charge on any atom is 0.303 e. The Morgan fingerprint density at radius 1 is 0.897 bits per heavy atom. The molecule has 0 fully saturated rings. The Bertz CT molecular complexity index is 609.